The third-order valence-electron chi connectivity index (χ3n) is 7.04. The number of hydrogen-bond acceptors (Lipinski definition) is 3. The molecule has 0 aliphatic heterocycles. The Morgan fingerprint density at radius 2 is 1.67 bits per heavy atom. The van der Waals surface area contributed by atoms with Crippen LogP contribution in [0, 0.1) is 24.7 Å². The van der Waals surface area contributed by atoms with Crippen LogP contribution in [0.3, 0.4) is 0 Å². The van der Waals surface area contributed by atoms with E-state index in [2.05, 4.69) is 21.3 Å². The highest BCUT2D eigenvalue weighted by Gasteiger charge is 2.51. The molecule has 4 fully saturated rings. The van der Waals surface area contributed by atoms with Gasteiger partial charge in [-0.2, -0.15) is 0 Å². The monoisotopic (exact) mass is 412 g/mol. The van der Waals surface area contributed by atoms with Crippen LogP contribution in [0.2, 0.25) is 0 Å². The zero-order valence-electron chi connectivity index (χ0n) is 17.8. The molecule has 0 saturated heterocycles. The standard InChI is InChI=1S/C23H32N4O3/c1-14-7-18(21(29)24-2)3-4-19(14)26-20(28)5-6-25-22(30)27-23-11-15-8-16(12-23)10-17(9-15)13-23/h3-4,7,15-17H,5-6,8-13H2,1-2H3,(H,24,29)(H,26,28)(H2,25,27,30). The number of rotatable bonds is 6. The van der Waals surface area contributed by atoms with Gasteiger partial charge >= 0.3 is 6.03 Å². The molecule has 4 amide bonds. The molecule has 7 nitrogen and oxygen atoms in total. The Hall–Kier alpha value is -2.57. The number of carbonyl (C=O) groups is 3. The molecule has 0 aromatic heterocycles. The lowest BCUT2D eigenvalue weighted by Crippen LogP contribution is -2.61. The van der Waals surface area contributed by atoms with Crippen molar-refractivity contribution in [3.05, 3.63) is 29.3 Å². The van der Waals surface area contributed by atoms with Crippen LogP contribution in [0.4, 0.5) is 10.5 Å². The van der Waals surface area contributed by atoms with Gasteiger partial charge in [0.2, 0.25) is 5.91 Å². The lowest BCUT2D eigenvalue weighted by Gasteiger charge is -2.56. The second-order valence-corrected chi connectivity index (χ2v) is 9.49. The average molecular weight is 413 g/mol. The van der Waals surface area contributed by atoms with Crippen LogP contribution < -0.4 is 21.3 Å². The van der Waals surface area contributed by atoms with Crippen LogP contribution in [-0.2, 0) is 4.79 Å². The van der Waals surface area contributed by atoms with Crippen molar-refractivity contribution in [3.8, 4) is 0 Å². The molecule has 4 N–H and O–H groups in total. The first-order chi connectivity index (χ1) is 14.4. The molecule has 4 aliphatic carbocycles. The van der Waals surface area contributed by atoms with E-state index in [4.69, 9.17) is 0 Å². The van der Waals surface area contributed by atoms with E-state index in [0.717, 1.165) is 42.6 Å². The second-order valence-electron chi connectivity index (χ2n) is 9.49. The molecule has 0 atom stereocenters. The molecule has 4 bridgehead atoms. The fourth-order valence-electron chi connectivity index (χ4n) is 6.14. The zero-order valence-corrected chi connectivity index (χ0v) is 17.8. The van der Waals surface area contributed by atoms with Gasteiger partial charge in [-0.3, -0.25) is 9.59 Å². The maximum Gasteiger partial charge on any atom is 0.315 e. The predicted octanol–water partition coefficient (Wildman–Crippen LogP) is 2.95. The summed E-state index contributed by atoms with van der Waals surface area (Å²) in [7, 11) is 1.58. The number of urea groups is 1. The molecule has 1 aromatic rings. The van der Waals surface area contributed by atoms with Gasteiger partial charge < -0.3 is 21.3 Å². The highest BCUT2D eigenvalue weighted by molar-refractivity contribution is 5.96. The van der Waals surface area contributed by atoms with Gasteiger partial charge in [0.25, 0.3) is 5.91 Å². The Bertz CT molecular complexity index is 816. The van der Waals surface area contributed by atoms with E-state index in [0.29, 0.717) is 17.8 Å². The maximum absolute atomic E-state index is 12.5. The minimum absolute atomic E-state index is 0.0231. The van der Waals surface area contributed by atoms with Crippen molar-refractivity contribution in [2.24, 2.45) is 17.8 Å². The summed E-state index contributed by atoms with van der Waals surface area (Å²) in [6, 6.07) is 4.99. The van der Waals surface area contributed by atoms with E-state index in [1.165, 1.54) is 19.3 Å². The van der Waals surface area contributed by atoms with E-state index >= 15 is 0 Å². The molecule has 0 spiro atoms. The van der Waals surface area contributed by atoms with E-state index in [1.807, 2.05) is 6.92 Å². The smallest absolute Gasteiger partial charge is 0.315 e. The number of carbonyl (C=O) groups excluding carboxylic acids is 3. The predicted molar refractivity (Wildman–Crippen MR) is 115 cm³/mol. The molecular weight excluding hydrogens is 380 g/mol. The summed E-state index contributed by atoms with van der Waals surface area (Å²) in [6.45, 7) is 2.14. The number of aryl methyl sites for hydroxylation is 1. The van der Waals surface area contributed by atoms with Crippen molar-refractivity contribution < 1.29 is 14.4 Å². The summed E-state index contributed by atoms with van der Waals surface area (Å²) in [5.74, 6) is 2.01. The molecule has 0 heterocycles. The lowest BCUT2D eigenvalue weighted by molar-refractivity contribution is -0.116. The van der Waals surface area contributed by atoms with E-state index in [1.54, 1.807) is 25.2 Å². The highest BCUT2D eigenvalue weighted by atomic mass is 16.2. The van der Waals surface area contributed by atoms with Crippen LogP contribution >= 0.6 is 0 Å². The maximum atomic E-state index is 12.5. The fraction of sp³-hybridized carbons (Fsp3) is 0.609. The molecule has 1 aromatic carbocycles. The molecule has 4 aliphatic rings. The Morgan fingerprint density at radius 1 is 1.03 bits per heavy atom. The molecule has 4 saturated carbocycles. The summed E-state index contributed by atoms with van der Waals surface area (Å²) >= 11 is 0. The molecule has 5 rings (SSSR count). The van der Waals surface area contributed by atoms with Crippen LogP contribution in [0.25, 0.3) is 0 Å². The van der Waals surface area contributed by atoms with Gasteiger partial charge in [0.1, 0.15) is 0 Å². The summed E-state index contributed by atoms with van der Waals surface area (Å²) in [5.41, 5.74) is 2.02. The third kappa shape index (κ3) is 4.45. The van der Waals surface area contributed by atoms with E-state index in [-0.39, 0.29) is 29.8 Å². The van der Waals surface area contributed by atoms with Crippen LogP contribution in [0.5, 0.6) is 0 Å². The van der Waals surface area contributed by atoms with Crippen molar-refractivity contribution >= 4 is 23.5 Å². The van der Waals surface area contributed by atoms with Gasteiger partial charge in [-0.25, -0.2) is 4.79 Å². The summed E-state index contributed by atoms with van der Waals surface area (Å²) in [4.78, 5) is 36.4. The lowest BCUT2D eigenvalue weighted by atomic mass is 9.53. The van der Waals surface area contributed by atoms with Gasteiger partial charge in [0.05, 0.1) is 0 Å². The van der Waals surface area contributed by atoms with E-state index < -0.39 is 0 Å². The Kier molecular flexibility index (Phi) is 5.71. The molecule has 30 heavy (non-hydrogen) atoms. The third-order valence-corrected chi connectivity index (χ3v) is 7.04. The average Bonchev–Trinajstić information content (AvgIpc) is 2.67. The summed E-state index contributed by atoms with van der Waals surface area (Å²) in [6.07, 6.45) is 7.55. The van der Waals surface area contributed by atoms with Gasteiger partial charge in [-0.15, -0.1) is 0 Å². The van der Waals surface area contributed by atoms with Gasteiger partial charge in [0.15, 0.2) is 0 Å². The zero-order chi connectivity index (χ0) is 21.3. The molecule has 0 unspecified atom stereocenters. The first kappa shape index (κ1) is 20.7. The summed E-state index contributed by atoms with van der Waals surface area (Å²) < 4.78 is 0. The minimum Gasteiger partial charge on any atom is -0.355 e. The fourth-order valence-corrected chi connectivity index (χ4v) is 6.14. The quantitative estimate of drug-likeness (QED) is 0.578. The largest absolute Gasteiger partial charge is 0.355 e. The van der Waals surface area contributed by atoms with Crippen molar-refractivity contribution in [2.75, 3.05) is 18.9 Å². The van der Waals surface area contributed by atoms with Crippen LogP contribution in [0.1, 0.15) is 60.9 Å². The van der Waals surface area contributed by atoms with Crippen LogP contribution in [-0.4, -0.2) is 37.0 Å². The van der Waals surface area contributed by atoms with Gasteiger partial charge in [-0.05, 0) is 87.0 Å². The number of nitrogens with one attached hydrogen (secondary N) is 4. The van der Waals surface area contributed by atoms with Gasteiger partial charge in [0, 0.05) is 36.8 Å². The number of amides is 4. The Morgan fingerprint density at radius 3 is 2.23 bits per heavy atom. The first-order valence-electron chi connectivity index (χ1n) is 11.0. The summed E-state index contributed by atoms with van der Waals surface area (Å²) in [5, 5.41) is 11.6. The molecule has 0 radical (unpaired) electrons. The highest BCUT2D eigenvalue weighted by Crippen LogP contribution is 2.55. The van der Waals surface area contributed by atoms with Crippen LogP contribution in [0.15, 0.2) is 18.2 Å². The van der Waals surface area contributed by atoms with Crippen molar-refractivity contribution in [1.82, 2.24) is 16.0 Å². The van der Waals surface area contributed by atoms with Crippen molar-refractivity contribution in [3.63, 3.8) is 0 Å². The molecule has 7 heteroatoms. The van der Waals surface area contributed by atoms with Crippen molar-refractivity contribution in [1.29, 1.82) is 0 Å². The number of benzene rings is 1. The second kappa shape index (κ2) is 8.28. The van der Waals surface area contributed by atoms with Gasteiger partial charge in [-0.1, -0.05) is 0 Å². The SMILES string of the molecule is CNC(=O)c1ccc(NC(=O)CCNC(=O)NC23CC4CC(CC(C4)C2)C3)c(C)c1. The van der Waals surface area contributed by atoms with Crippen molar-refractivity contribution in [2.45, 2.75) is 57.4 Å². The number of hydrogen-bond donors (Lipinski definition) is 4. The number of anilines is 1. The topological polar surface area (TPSA) is 99.3 Å². The molecular formula is C23H32N4O3. The minimum atomic E-state index is -0.166. The Balaban J connectivity index is 1.22. The first-order valence-corrected chi connectivity index (χ1v) is 11.0. The molecule has 162 valence electrons. The normalized spacial score (nSPS) is 28.7. The van der Waals surface area contributed by atoms with E-state index in [9.17, 15) is 14.4 Å². The Labute approximate surface area is 177 Å².